The van der Waals surface area contributed by atoms with E-state index < -0.39 is 36.0 Å². The molecule has 5 nitrogen and oxygen atoms in total. The molecule has 274 valence electrons. The van der Waals surface area contributed by atoms with Gasteiger partial charge in [0.05, 0.1) is 18.1 Å². The minimum atomic E-state index is -3.96. The highest BCUT2D eigenvalue weighted by Crippen LogP contribution is 2.26. The quantitative estimate of drug-likeness (QED) is 0.0439. The highest BCUT2D eigenvalue weighted by Gasteiger charge is 2.28. The van der Waals surface area contributed by atoms with Gasteiger partial charge in [0, 0.05) is 30.4 Å². The number of halogens is 7. The summed E-state index contributed by atoms with van der Waals surface area (Å²) in [7, 11) is 1.64. The number of aliphatic imine (C=N–C) groups is 2. The number of amidine groups is 1. The molecular weight excluding hydrogens is 644 g/mol. The van der Waals surface area contributed by atoms with E-state index in [9.17, 15) is 31.1 Å². The van der Waals surface area contributed by atoms with Gasteiger partial charge in [0.2, 0.25) is 0 Å². The molecule has 0 saturated heterocycles. The zero-order valence-corrected chi connectivity index (χ0v) is 30.6. The lowest BCUT2D eigenvalue weighted by Crippen LogP contribution is -2.33. The lowest BCUT2D eigenvalue weighted by Gasteiger charge is -2.27. The van der Waals surface area contributed by atoms with Crippen LogP contribution in [0.1, 0.15) is 131 Å². The lowest BCUT2D eigenvalue weighted by molar-refractivity contribution is -0.131. The number of carbonyl (C=O) groups is 1. The monoisotopic (exact) mass is 701 g/mol. The first-order valence-electron chi connectivity index (χ1n) is 16.4. The molecule has 12 heteroatoms. The number of methoxy groups -OCH3 is 1. The van der Waals surface area contributed by atoms with Gasteiger partial charge in [-0.3, -0.25) is 9.98 Å². The van der Waals surface area contributed by atoms with E-state index in [-0.39, 0.29) is 18.1 Å². The van der Waals surface area contributed by atoms with E-state index in [1.165, 1.54) is 18.6 Å². The van der Waals surface area contributed by atoms with Crippen molar-refractivity contribution in [2.75, 3.05) is 13.1 Å². The van der Waals surface area contributed by atoms with Crippen molar-refractivity contribution in [3.8, 4) is 0 Å². The number of allylic oxidation sites excluding steroid dienone is 1. The largest absolute Gasteiger partial charge is 0.388 e. The highest BCUT2D eigenvalue weighted by molar-refractivity contribution is 6.19. The van der Waals surface area contributed by atoms with Crippen LogP contribution in [0, 0.1) is 11.7 Å². The molecule has 0 heterocycles. The fraction of sp³-hybridized carbons (Fsp3) is 0.686. The third-order valence-electron chi connectivity index (χ3n) is 7.10. The standard InChI is InChI=1S/C18H23ClF3N3.C12H24O2.C3H5F3.C2H6/c1-4-7-15(23-3)13(5-2)18(25-11-19)24-10-12-8-6-9-14(16(12)20)17(21)22;1-5-8-12(10-13,14-4)9-7-11(3)6-2;1-2-3(4,5)6;1-2/h6,8-9,17H,3-5,7,10-11H2,1-2H3,(H,24,25);10-11H,5-9H2,1-4H3;2H2,1H3;1-2H3/b15-13-;;;. The summed E-state index contributed by atoms with van der Waals surface area (Å²) in [5.41, 5.74) is 0.597. The van der Waals surface area contributed by atoms with E-state index in [0.717, 1.165) is 69.1 Å². The zero-order valence-electron chi connectivity index (χ0n) is 29.8. The number of rotatable bonds is 17. The molecule has 0 bridgehead atoms. The number of nitrogens with one attached hydrogen (secondary N) is 1. The Morgan fingerprint density at radius 2 is 1.68 bits per heavy atom. The molecule has 2 atom stereocenters. The summed E-state index contributed by atoms with van der Waals surface area (Å²) in [4.78, 5) is 19.4. The molecule has 0 aliphatic heterocycles. The molecule has 0 amide bonds. The summed E-state index contributed by atoms with van der Waals surface area (Å²) in [5.74, 6) is 0.237. The van der Waals surface area contributed by atoms with Crippen molar-refractivity contribution in [3.05, 3.63) is 46.4 Å². The van der Waals surface area contributed by atoms with Crippen LogP contribution < -0.4 is 5.32 Å². The molecule has 0 saturated carbocycles. The van der Waals surface area contributed by atoms with Gasteiger partial charge in [0.1, 0.15) is 17.3 Å². The van der Waals surface area contributed by atoms with Crippen molar-refractivity contribution in [2.24, 2.45) is 15.9 Å². The van der Waals surface area contributed by atoms with Crippen molar-refractivity contribution in [3.63, 3.8) is 0 Å². The first-order valence-corrected chi connectivity index (χ1v) is 16.9. The van der Waals surface area contributed by atoms with Crippen LogP contribution in [-0.4, -0.2) is 43.7 Å². The second-order valence-corrected chi connectivity index (χ2v) is 10.7. The molecule has 47 heavy (non-hydrogen) atoms. The maximum absolute atomic E-state index is 14.2. The third-order valence-corrected chi connectivity index (χ3v) is 7.24. The smallest absolute Gasteiger partial charge is 0.371 e. The summed E-state index contributed by atoms with van der Waals surface area (Å²) in [6.07, 6.45) is 0.613. The number of aldehydes is 1. The Kier molecular flexibility index (Phi) is 29.8. The Hall–Kier alpha value is -2.40. The Morgan fingerprint density at radius 1 is 1.09 bits per heavy atom. The SMILES string of the molecule is C=N/C(CCC)=C(/CC)C(=NCc1cccc(C(F)F)c1F)NCCl.CC.CCC(F)(F)F.CCCC(C=O)(CCC(C)CC)OC. The number of alkyl halides is 6. The first-order chi connectivity index (χ1) is 22.2. The van der Waals surface area contributed by atoms with Crippen LogP contribution in [-0.2, 0) is 16.1 Å². The molecule has 0 fully saturated rings. The number of benzene rings is 1. The zero-order chi connectivity index (χ0) is 37.1. The van der Waals surface area contributed by atoms with Crippen LogP contribution >= 0.6 is 11.6 Å². The van der Waals surface area contributed by atoms with E-state index in [2.05, 4.69) is 42.8 Å². The van der Waals surface area contributed by atoms with Gasteiger partial charge >= 0.3 is 6.18 Å². The predicted octanol–water partition coefficient (Wildman–Crippen LogP) is 11.8. The lowest BCUT2D eigenvalue weighted by atomic mass is 9.89. The van der Waals surface area contributed by atoms with Gasteiger partial charge in [-0.2, -0.15) is 13.2 Å². The van der Waals surface area contributed by atoms with Gasteiger partial charge in [-0.15, -0.1) is 11.6 Å². The number of hydrogen-bond donors (Lipinski definition) is 1. The molecule has 2 unspecified atom stereocenters. The maximum Gasteiger partial charge on any atom is 0.388 e. The molecule has 0 spiro atoms. The van der Waals surface area contributed by atoms with Gasteiger partial charge in [0.15, 0.2) is 6.29 Å². The summed E-state index contributed by atoms with van der Waals surface area (Å²) < 4.78 is 77.5. The summed E-state index contributed by atoms with van der Waals surface area (Å²) in [5, 5.41) is 2.93. The Balaban J connectivity index is -0.000000737. The molecule has 1 aromatic carbocycles. The minimum absolute atomic E-state index is 0.0777. The van der Waals surface area contributed by atoms with E-state index in [1.807, 2.05) is 27.7 Å². The Labute approximate surface area is 284 Å². The van der Waals surface area contributed by atoms with Gasteiger partial charge < -0.3 is 14.8 Å². The van der Waals surface area contributed by atoms with Crippen molar-refractivity contribution < 1.29 is 35.9 Å². The number of ether oxygens (including phenoxy) is 1. The van der Waals surface area contributed by atoms with Crippen LogP contribution in [0.5, 0.6) is 0 Å². The van der Waals surface area contributed by atoms with Crippen molar-refractivity contribution >= 4 is 30.4 Å². The van der Waals surface area contributed by atoms with Crippen molar-refractivity contribution in [1.82, 2.24) is 5.32 Å². The van der Waals surface area contributed by atoms with Gasteiger partial charge in [-0.25, -0.2) is 13.2 Å². The summed E-state index contributed by atoms with van der Waals surface area (Å²) >= 11 is 5.77. The third kappa shape index (κ3) is 21.2. The number of carbonyl (C=O) groups excluding carboxylic acids is 1. The van der Waals surface area contributed by atoms with Crippen molar-refractivity contribution in [1.29, 1.82) is 0 Å². The van der Waals surface area contributed by atoms with Gasteiger partial charge in [0.25, 0.3) is 6.43 Å². The summed E-state index contributed by atoms with van der Waals surface area (Å²) in [6, 6.07) is 4.02. The van der Waals surface area contributed by atoms with E-state index in [4.69, 9.17) is 16.3 Å². The predicted molar refractivity (Wildman–Crippen MR) is 185 cm³/mol. The fourth-order valence-electron chi connectivity index (χ4n) is 4.06. The highest BCUT2D eigenvalue weighted by atomic mass is 35.5. The van der Waals surface area contributed by atoms with Crippen LogP contribution in [0.3, 0.4) is 0 Å². The second kappa shape index (κ2) is 28.6. The number of nitrogens with zero attached hydrogens (tertiary/aromatic N) is 2. The van der Waals surface area contributed by atoms with E-state index in [1.54, 1.807) is 7.11 Å². The topological polar surface area (TPSA) is 63.0 Å². The molecule has 1 aromatic rings. The Bertz CT molecular complexity index is 1040. The van der Waals surface area contributed by atoms with Crippen molar-refractivity contribution in [2.45, 2.75) is 138 Å². The normalized spacial score (nSPS) is 13.8. The fourth-order valence-corrected chi connectivity index (χ4v) is 4.19. The average molecular weight is 702 g/mol. The molecule has 0 aromatic heterocycles. The van der Waals surface area contributed by atoms with Gasteiger partial charge in [-0.05, 0) is 44.7 Å². The van der Waals surface area contributed by atoms with E-state index in [0.29, 0.717) is 18.2 Å². The molecule has 0 radical (unpaired) electrons. The summed E-state index contributed by atoms with van der Waals surface area (Å²) in [6.45, 7) is 19.0. The van der Waals surface area contributed by atoms with Crippen LogP contribution in [0.15, 0.2) is 39.5 Å². The first kappa shape index (κ1) is 49.0. The van der Waals surface area contributed by atoms with Gasteiger partial charge in [-0.1, -0.05) is 92.9 Å². The average Bonchev–Trinajstić information content (AvgIpc) is 3.06. The van der Waals surface area contributed by atoms with Crippen LogP contribution in [0.4, 0.5) is 26.3 Å². The minimum Gasteiger partial charge on any atom is -0.371 e. The molecule has 0 aliphatic rings. The number of hydrogen-bond acceptors (Lipinski definition) is 4. The molecule has 0 aliphatic carbocycles. The second-order valence-electron chi connectivity index (χ2n) is 10.4. The molecule has 1 rings (SSSR count). The Morgan fingerprint density at radius 3 is 2.06 bits per heavy atom. The maximum atomic E-state index is 14.2. The molecular formula is C35H58ClF6N3O2. The van der Waals surface area contributed by atoms with Crippen LogP contribution in [0.25, 0.3) is 0 Å². The molecule has 1 N–H and O–H groups in total. The van der Waals surface area contributed by atoms with Crippen LogP contribution in [0.2, 0.25) is 0 Å². The van der Waals surface area contributed by atoms with E-state index >= 15 is 0 Å².